The van der Waals surface area contributed by atoms with Crippen LogP contribution in [-0.4, -0.2) is 98.3 Å². The van der Waals surface area contributed by atoms with Gasteiger partial charge in [0, 0.05) is 63.4 Å². The summed E-state index contributed by atoms with van der Waals surface area (Å²) in [5.41, 5.74) is 0. The molecule has 0 spiro atoms. The van der Waals surface area contributed by atoms with Crippen LogP contribution < -0.4 is 0 Å². The van der Waals surface area contributed by atoms with E-state index in [2.05, 4.69) is 47.4 Å². The molecule has 4 nitrogen and oxygen atoms in total. The zero-order valence-corrected chi connectivity index (χ0v) is 18.2. The second-order valence-corrected chi connectivity index (χ2v) is 10.6. The van der Waals surface area contributed by atoms with Gasteiger partial charge in [0.1, 0.15) is 0 Å². The van der Waals surface area contributed by atoms with Gasteiger partial charge < -0.3 is 14.5 Å². The second kappa shape index (κ2) is 10.7. The number of hydrogen-bond acceptors (Lipinski definition) is 5. The Morgan fingerprint density at radius 2 is 1.81 bits per heavy atom. The van der Waals surface area contributed by atoms with Gasteiger partial charge in [-0.15, -0.1) is 0 Å². The molecular formula is C21H41N3OS. The fourth-order valence-electron chi connectivity index (χ4n) is 5.12. The minimum Gasteiger partial charge on any atom is -0.380 e. The molecule has 0 N–H and O–H groups in total. The maximum Gasteiger partial charge on any atom is 0.0593 e. The van der Waals surface area contributed by atoms with Crippen molar-refractivity contribution in [3.63, 3.8) is 0 Å². The van der Waals surface area contributed by atoms with Crippen molar-refractivity contribution in [2.45, 2.75) is 38.4 Å². The van der Waals surface area contributed by atoms with E-state index in [4.69, 9.17) is 4.74 Å². The van der Waals surface area contributed by atoms with Crippen LogP contribution in [0.15, 0.2) is 0 Å². The van der Waals surface area contributed by atoms with Crippen molar-refractivity contribution in [3.05, 3.63) is 0 Å². The highest BCUT2D eigenvalue weighted by Gasteiger charge is 2.29. The van der Waals surface area contributed by atoms with Gasteiger partial charge in [0.05, 0.1) is 6.61 Å². The van der Waals surface area contributed by atoms with Crippen LogP contribution in [0.25, 0.3) is 0 Å². The first-order chi connectivity index (χ1) is 12.6. The van der Waals surface area contributed by atoms with Gasteiger partial charge in [-0.2, -0.15) is 11.8 Å². The molecule has 3 fully saturated rings. The molecule has 4 unspecified atom stereocenters. The van der Waals surface area contributed by atoms with Crippen LogP contribution in [0.1, 0.15) is 33.1 Å². The summed E-state index contributed by atoms with van der Waals surface area (Å²) in [7, 11) is 2.30. The lowest BCUT2D eigenvalue weighted by Crippen LogP contribution is -2.36. The summed E-state index contributed by atoms with van der Waals surface area (Å²) in [6, 6.07) is 0. The zero-order chi connectivity index (χ0) is 18.4. The number of rotatable bonds is 4. The van der Waals surface area contributed by atoms with Crippen molar-refractivity contribution < 1.29 is 4.74 Å². The van der Waals surface area contributed by atoms with Crippen LogP contribution in [0, 0.1) is 17.8 Å². The van der Waals surface area contributed by atoms with Gasteiger partial charge in [-0.25, -0.2) is 0 Å². The first-order valence-electron chi connectivity index (χ1n) is 10.9. The molecule has 5 heteroatoms. The number of hydrogen-bond donors (Lipinski definition) is 0. The standard InChI is InChI=1S/C21H41N3OS/c1-18-13-20(19(2)15-22(3)14-18)16-24-7-5-21(26-12-9-24)17-23-6-4-10-25-11-8-23/h18-21H,4-17H2,1-3H3. The van der Waals surface area contributed by atoms with Gasteiger partial charge in [-0.3, -0.25) is 4.90 Å². The maximum atomic E-state index is 5.62. The molecule has 0 aromatic heterocycles. The summed E-state index contributed by atoms with van der Waals surface area (Å²) in [5.74, 6) is 3.85. The molecular weight excluding hydrogens is 342 g/mol. The van der Waals surface area contributed by atoms with E-state index in [1.54, 1.807) is 0 Å². The van der Waals surface area contributed by atoms with Crippen LogP contribution in [-0.2, 0) is 4.74 Å². The maximum absolute atomic E-state index is 5.62. The van der Waals surface area contributed by atoms with Gasteiger partial charge in [-0.05, 0) is 50.6 Å². The molecule has 4 atom stereocenters. The smallest absolute Gasteiger partial charge is 0.0593 e. The van der Waals surface area contributed by atoms with Gasteiger partial charge in [0.15, 0.2) is 0 Å². The fraction of sp³-hybridized carbons (Fsp3) is 1.00. The van der Waals surface area contributed by atoms with Gasteiger partial charge in [-0.1, -0.05) is 13.8 Å². The number of ether oxygens (including phenoxy) is 1. The minimum absolute atomic E-state index is 0.815. The number of nitrogens with zero attached hydrogens (tertiary/aromatic N) is 3. The summed E-state index contributed by atoms with van der Waals surface area (Å²) in [5, 5.41) is 0.815. The first kappa shape index (κ1) is 20.9. The SMILES string of the molecule is CC1CC(CN2CCSC(CN3CCCOCC3)CC2)C(C)CN(C)C1. The molecule has 3 aliphatic heterocycles. The highest BCUT2D eigenvalue weighted by molar-refractivity contribution is 7.99. The largest absolute Gasteiger partial charge is 0.380 e. The topological polar surface area (TPSA) is 19.0 Å². The van der Waals surface area contributed by atoms with E-state index in [-0.39, 0.29) is 0 Å². The third-order valence-electron chi connectivity index (χ3n) is 6.53. The number of thioether (sulfide) groups is 1. The molecule has 0 aromatic rings. The van der Waals surface area contributed by atoms with Gasteiger partial charge in [0.2, 0.25) is 0 Å². The quantitative estimate of drug-likeness (QED) is 0.741. The highest BCUT2D eigenvalue weighted by atomic mass is 32.2. The molecule has 3 rings (SSSR count). The third kappa shape index (κ3) is 6.66. The molecule has 0 radical (unpaired) electrons. The lowest BCUT2D eigenvalue weighted by atomic mass is 9.87. The van der Waals surface area contributed by atoms with E-state index in [9.17, 15) is 0 Å². The number of likely N-dealkylation sites (tertiary alicyclic amines) is 1. The Hall–Kier alpha value is 0.190. The van der Waals surface area contributed by atoms with Crippen LogP contribution >= 0.6 is 11.8 Å². The minimum atomic E-state index is 0.815. The molecule has 3 heterocycles. The van der Waals surface area contributed by atoms with E-state index in [0.29, 0.717) is 0 Å². The van der Waals surface area contributed by atoms with Crippen molar-refractivity contribution in [1.29, 1.82) is 0 Å². The van der Waals surface area contributed by atoms with Crippen LogP contribution in [0.4, 0.5) is 0 Å². The van der Waals surface area contributed by atoms with Gasteiger partial charge in [0.25, 0.3) is 0 Å². The van der Waals surface area contributed by atoms with E-state index in [1.165, 1.54) is 70.8 Å². The van der Waals surface area contributed by atoms with E-state index >= 15 is 0 Å². The lowest BCUT2D eigenvalue weighted by molar-refractivity contribution is 0.141. The summed E-state index contributed by atoms with van der Waals surface area (Å²) in [4.78, 5) is 7.98. The average Bonchev–Trinajstić information content (AvgIpc) is 3.01. The van der Waals surface area contributed by atoms with Crippen LogP contribution in [0.2, 0.25) is 0 Å². The molecule has 0 aromatic carbocycles. The van der Waals surface area contributed by atoms with E-state index in [0.717, 1.165) is 42.8 Å². The Balaban J connectivity index is 1.45. The molecule has 26 heavy (non-hydrogen) atoms. The Kier molecular flexibility index (Phi) is 8.57. The van der Waals surface area contributed by atoms with E-state index < -0.39 is 0 Å². The molecule has 0 amide bonds. The molecule has 3 aliphatic rings. The lowest BCUT2D eigenvalue weighted by Gasteiger charge is -2.30. The Morgan fingerprint density at radius 1 is 0.962 bits per heavy atom. The Labute approximate surface area is 166 Å². The predicted molar refractivity (Wildman–Crippen MR) is 113 cm³/mol. The first-order valence-corrected chi connectivity index (χ1v) is 12.0. The predicted octanol–water partition coefficient (Wildman–Crippen LogP) is 2.74. The second-order valence-electron chi connectivity index (χ2n) is 9.15. The van der Waals surface area contributed by atoms with Crippen molar-refractivity contribution in [2.24, 2.45) is 17.8 Å². The van der Waals surface area contributed by atoms with Crippen molar-refractivity contribution in [2.75, 3.05) is 78.4 Å². The Bertz CT molecular complexity index is 403. The van der Waals surface area contributed by atoms with Crippen molar-refractivity contribution in [1.82, 2.24) is 14.7 Å². The van der Waals surface area contributed by atoms with Gasteiger partial charge >= 0.3 is 0 Å². The fourth-order valence-corrected chi connectivity index (χ4v) is 6.41. The highest BCUT2D eigenvalue weighted by Crippen LogP contribution is 2.28. The average molecular weight is 384 g/mol. The Morgan fingerprint density at radius 3 is 2.69 bits per heavy atom. The molecule has 0 saturated carbocycles. The third-order valence-corrected chi connectivity index (χ3v) is 7.81. The summed E-state index contributed by atoms with van der Waals surface area (Å²) < 4.78 is 5.62. The zero-order valence-electron chi connectivity index (χ0n) is 17.4. The van der Waals surface area contributed by atoms with E-state index in [1.807, 2.05) is 0 Å². The summed E-state index contributed by atoms with van der Waals surface area (Å²) >= 11 is 2.22. The molecule has 0 bridgehead atoms. The van der Waals surface area contributed by atoms with Crippen molar-refractivity contribution >= 4 is 11.8 Å². The monoisotopic (exact) mass is 383 g/mol. The summed E-state index contributed by atoms with van der Waals surface area (Å²) in [6.45, 7) is 16.9. The van der Waals surface area contributed by atoms with Crippen LogP contribution in [0.3, 0.4) is 0 Å². The van der Waals surface area contributed by atoms with Crippen molar-refractivity contribution in [3.8, 4) is 0 Å². The molecule has 152 valence electrons. The normalized spacial score (nSPS) is 37.0. The molecule has 3 saturated heterocycles. The summed E-state index contributed by atoms with van der Waals surface area (Å²) in [6.07, 6.45) is 3.97. The van der Waals surface area contributed by atoms with Crippen LogP contribution in [0.5, 0.6) is 0 Å². The molecule has 0 aliphatic carbocycles.